The van der Waals surface area contributed by atoms with Gasteiger partial charge >= 0.3 is 0 Å². The maximum Gasteiger partial charge on any atom is 0.223 e. The third-order valence-corrected chi connectivity index (χ3v) is 3.83. The maximum atomic E-state index is 12.0. The molecule has 1 amide bonds. The minimum absolute atomic E-state index is 0.0563. The van der Waals surface area contributed by atoms with Gasteiger partial charge in [0.05, 0.1) is 19.1 Å². The lowest BCUT2D eigenvalue weighted by atomic mass is 10.1. The molecule has 2 rings (SSSR count). The van der Waals surface area contributed by atoms with Crippen molar-refractivity contribution in [3.8, 4) is 5.75 Å². The summed E-state index contributed by atoms with van der Waals surface area (Å²) in [5.41, 5.74) is 2.87. The first-order valence-electron chi connectivity index (χ1n) is 8.32. The Kier molecular flexibility index (Phi) is 6.82. The van der Waals surface area contributed by atoms with Gasteiger partial charge in [0.2, 0.25) is 5.91 Å². The highest BCUT2D eigenvalue weighted by atomic mass is 16.5. The molecule has 2 aromatic carbocycles. The molecular formula is C20H25NO3. The lowest BCUT2D eigenvalue weighted by Gasteiger charge is -2.13. The fourth-order valence-electron chi connectivity index (χ4n) is 2.41. The summed E-state index contributed by atoms with van der Waals surface area (Å²) < 4.78 is 5.60. The monoisotopic (exact) mass is 327 g/mol. The summed E-state index contributed by atoms with van der Waals surface area (Å²) in [6, 6.07) is 15.1. The van der Waals surface area contributed by atoms with E-state index in [0.29, 0.717) is 13.2 Å². The van der Waals surface area contributed by atoms with Crippen molar-refractivity contribution in [1.82, 2.24) is 5.32 Å². The molecule has 0 radical (unpaired) electrons. The number of aliphatic hydroxyl groups excluding tert-OH is 1. The van der Waals surface area contributed by atoms with E-state index in [1.54, 1.807) is 0 Å². The number of benzene rings is 2. The number of carbonyl (C=O) groups excluding carboxylic acids is 1. The molecule has 0 aliphatic rings. The second kappa shape index (κ2) is 9.08. The molecular weight excluding hydrogens is 302 g/mol. The van der Waals surface area contributed by atoms with Gasteiger partial charge in [-0.3, -0.25) is 4.79 Å². The highest BCUT2D eigenvalue weighted by Gasteiger charge is 2.12. The summed E-state index contributed by atoms with van der Waals surface area (Å²) in [7, 11) is 0. The molecule has 0 aromatic heterocycles. The van der Waals surface area contributed by atoms with Gasteiger partial charge in [-0.25, -0.2) is 0 Å². The molecule has 0 bridgehead atoms. The predicted octanol–water partition coefficient (Wildman–Crippen LogP) is 3.52. The first-order chi connectivity index (χ1) is 11.6. The Bertz CT molecular complexity index is 655. The van der Waals surface area contributed by atoms with Crippen LogP contribution >= 0.6 is 0 Å². The molecule has 0 fully saturated rings. The van der Waals surface area contributed by atoms with Crippen molar-refractivity contribution in [2.24, 2.45) is 0 Å². The lowest BCUT2D eigenvalue weighted by molar-refractivity contribution is -0.123. The molecule has 4 heteroatoms. The van der Waals surface area contributed by atoms with E-state index in [-0.39, 0.29) is 12.3 Å². The summed E-state index contributed by atoms with van der Waals surface area (Å²) in [5.74, 6) is 0.681. The molecule has 0 unspecified atom stereocenters. The topological polar surface area (TPSA) is 58.6 Å². The number of aryl methyl sites for hydroxylation is 1. The third-order valence-electron chi connectivity index (χ3n) is 3.83. The quantitative estimate of drug-likeness (QED) is 0.780. The summed E-state index contributed by atoms with van der Waals surface area (Å²) in [5, 5.41) is 12.9. The Hall–Kier alpha value is -2.33. The van der Waals surface area contributed by atoms with E-state index in [0.717, 1.165) is 28.9 Å². The van der Waals surface area contributed by atoms with Gasteiger partial charge in [0.15, 0.2) is 0 Å². The number of ether oxygens (including phenoxy) is 1. The van der Waals surface area contributed by atoms with Gasteiger partial charge in [-0.15, -0.1) is 0 Å². The van der Waals surface area contributed by atoms with Gasteiger partial charge < -0.3 is 15.2 Å². The van der Waals surface area contributed by atoms with Crippen molar-refractivity contribution < 1.29 is 14.6 Å². The Morgan fingerprint density at radius 3 is 2.62 bits per heavy atom. The van der Waals surface area contributed by atoms with Crippen LogP contribution in [-0.4, -0.2) is 17.6 Å². The molecule has 0 heterocycles. The Balaban J connectivity index is 1.85. The summed E-state index contributed by atoms with van der Waals surface area (Å²) >= 11 is 0. The Morgan fingerprint density at radius 1 is 1.21 bits per heavy atom. The Labute approximate surface area is 143 Å². The van der Waals surface area contributed by atoms with Crippen molar-refractivity contribution in [3.05, 3.63) is 65.2 Å². The average molecular weight is 327 g/mol. The first-order valence-corrected chi connectivity index (χ1v) is 8.32. The van der Waals surface area contributed by atoms with Crippen LogP contribution < -0.4 is 10.1 Å². The van der Waals surface area contributed by atoms with Crippen LogP contribution in [0.4, 0.5) is 0 Å². The number of hydrogen-bond acceptors (Lipinski definition) is 3. The van der Waals surface area contributed by atoms with E-state index in [1.165, 1.54) is 0 Å². The fraction of sp³-hybridized carbons (Fsp3) is 0.350. The van der Waals surface area contributed by atoms with E-state index in [9.17, 15) is 9.90 Å². The van der Waals surface area contributed by atoms with Gasteiger partial charge in [0.25, 0.3) is 0 Å². The normalized spacial score (nSPS) is 11.8. The molecule has 0 saturated carbocycles. The molecule has 0 saturated heterocycles. The highest BCUT2D eigenvalue weighted by Crippen LogP contribution is 2.18. The van der Waals surface area contributed by atoms with Crippen LogP contribution in [0.25, 0.3) is 0 Å². The minimum Gasteiger partial charge on any atom is -0.494 e. The average Bonchev–Trinajstić information content (AvgIpc) is 2.59. The van der Waals surface area contributed by atoms with Crippen molar-refractivity contribution >= 4 is 5.91 Å². The van der Waals surface area contributed by atoms with Gasteiger partial charge in [0.1, 0.15) is 5.75 Å². The number of rotatable bonds is 8. The van der Waals surface area contributed by atoms with Gasteiger partial charge in [0, 0.05) is 6.54 Å². The van der Waals surface area contributed by atoms with Crippen LogP contribution in [0, 0.1) is 6.92 Å². The summed E-state index contributed by atoms with van der Waals surface area (Å²) in [4.78, 5) is 12.0. The summed E-state index contributed by atoms with van der Waals surface area (Å²) in [6.45, 7) is 5.22. The van der Waals surface area contributed by atoms with Crippen LogP contribution in [0.5, 0.6) is 5.75 Å². The second-order valence-electron chi connectivity index (χ2n) is 5.84. The zero-order valence-electron chi connectivity index (χ0n) is 14.3. The van der Waals surface area contributed by atoms with E-state index in [2.05, 4.69) is 12.2 Å². The molecule has 0 aliphatic heterocycles. The van der Waals surface area contributed by atoms with Gasteiger partial charge in [-0.1, -0.05) is 43.3 Å². The van der Waals surface area contributed by atoms with Crippen molar-refractivity contribution in [1.29, 1.82) is 0 Å². The van der Waals surface area contributed by atoms with Crippen LogP contribution in [0.2, 0.25) is 0 Å². The summed E-state index contributed by atoms with van der Waals surface area (Å²) in [6.07, 6.45) is 0.249. The predicted molar refractivity (Wildman–Crippen MR) is 94.8 cm³/mol. The van der Waals surface area contributed by atoms with Crippen LogP contribution in [0.3, 0.4) is 0 Å². The van der Waals surface area contributed by atoms with E-state index >= 15 is 0 Å². The maximum absolute atomic E-state index is 12.0. The van der Waals surface area contributed by atoms with Crippen molar-refractivity contribution in [2.75, 3.05) is 6.61 Å². The Morgan fingerprint density at radius 2 is 1.96 bits per heavy atom. The number of carbonyl (C=O) groups is 1. The van der Waals surface area contributed by atoms with Crippen molar-refractivity contribution in [3.63, 3.8) is 0 Å². The molecule has 1 atom stereocenters. The van der Waals surface area contributed by atoms with Gasteiger partial charge in [-0.2, -0.15) is 0 Å². The standard InChI is InChI=1S/C20H25NO3/c1-3-11-24-18-10-9-17(15(2)12-18)14-21-20(23)13-19(22)16-7-5-4-6-8-16/h4-10,12,19,22H,3,11,13-14H2,1-2H3,(H,21,23)/t19-/m0/s1. The van der Waals surface area contributed by atoms with Crippen LogP contribution in [0.15, 0.2) is 48.5 Å². The van der Waals surface area contributed by atoms with Crippen molar-refractivity contribution in [2.45, 2.75) is 39.3 Å². The molecule has 4 nitrogen and oxygen atoms in total. The van der Waals surface area contributed by atoms with Gasteiger partial charge in [-0.05, 0) is 42.2 Å². The number of aliphatic hydroxyl groups is 1. The highest BCUT2D eigenvalue weighted by molar-refractivity contribution is 5.76. The SMILES string of the molecule is CCCOc1ccc(CNC(=O)C[C@H](O)c2ccccc2)c(C)c1. The zero-order valence-corrected chi connectivity index (χ0v) is 14.3. The third kappa shape index (κ3) is 5.39. The fourth-order valence-corrected chi connectivity index (χ4v) is 2.41. The largest absolute Gasteiger partial charge is 0.494 e. The molecule has 0 spiro atoms. The van der Waals surface area contributed by atoms with Crippen LogP contribution in [0.1, 0.15) is 42.6 Å². The number of hydrogen-bond donors (Lipinski definition) is 2. The molecule has 128 valence electrons. The van der Waals surface area contributed by atoms with Crippen LogP contribution in [-0.2, 0) is 11.3 Å². The van der Waals surface area contributed by atoms with E-state index in [4.69, 9.17) is 4.74 Å². The molecule has 2 aromatic rings. The lowest BCUT2D eigenvalue weighted by Crippen LogP contribution is -2.25. The molecule has 24 heavy (non-hydrogen) atoms. The van der Waals surface area contributed by atoms with E-state index in [1.807, 2.05) is 55.5 Å². The number of amides is 1. The minimum atomic E-state index is -0.780. The molecule has 2 N–H and O–H groups in total. The zero-order chi connectivity index (χ0) is 17.4. The number of nitrogens with one attached hydrogen (secondary N) is 1. The molecule has 0 aliphatic carbocycles. The smallest absolute Gasteiger partial charge is 0.223 e. The van der Waals surface area contributed by atoms with E-state index < -0.39 is 6.10 Å². The second-order valence-corrected chi connectivity index (χ2v) is 5.84. The first kappa shape index (κ1) is 18.0.